The molecular formula is C18H30N2O. The molecule has 0 bridgehead atoms. The van der Waals surface area contributed by atoms with Gasteiger partial charge in [0, 0.05) is 12.6 Å². The van der Waals surface area contributed by atoms with Crippen LogP contribution in [0.1, 0.15) is 44.7 Å². The maximum atomic E-state index is 9.69. The van der Waals surface area contributed by atoms with Crippen LogP contribution in [0.3, 0.4) is 0 Å². The highest BCUT2D eigenvalue weighted by Gasteiger charge is 2.25. The number of benzene rings is 1. The molecule has 3 heteroatoms. The number of aliphatic hydroxyl groups is 1. The summed E-state index contributed by atoms with van der Waals surface area (Å²) < 4.78 is 0. The Bertz CT molecular complexity index is 393. The first kappa shape index (κ1) is 16.5. The number of likely N-dealkylation sites (tertiary alicyclic amines) is 1. The average Bonchev–Trinajstić information content (AvgIpc) is 2.54. The van der Waals surface area contributed by atoms with Crippen LogP contribution in [-0.2, 0) is 0 Å². The Kier molecular flexibility index (Phi) is 6.68. The molecule has 0 aliphatic carbocycles. The van der Waals surface area contributed by atoms with E-state index < -0.39 is 0 Å². The fraction of sp³-hybridized carbons (Fsp3) is 0.667. The Morgan fingerprint density at radius 2 is 2.10 bits per heavy atom. The Balaban J connectivity index is 1.91. The minimum atomic E-state index is 0.0442. The van der Waals surface area contributed by atoms with Crippen LogP contribution in [-0.4, -0.2) is 42.3 Å². The third-order valence-corrected chi connectivity index (χ3v) is 4.64. The van der Waals surface area contributed by atoms with Crippen molar-refractivity contribution in [3.8, 4) is 0 Å². The van der Waals surface area contributed by atoms with Gasteiger partial charge >= 0.3 is 0 Å². The van der Waals surface area contributed by atoms with E-state index >= 15 is 0 Å². The molecular weight excluding hydrogens is 260 g/mol. The quantitative estimate of drug-likeness (QED) is 0.810. The zero-order valence-electron chi connectivity index (χ0n) is 13.5. The summed E-state index contributed by atoms with van der Waals surface area (Å²) in [6.07, 6.45) is 3.82. The van der Waals surface area contributed by atoms with E-state index in [4.69, 9.17) is 0 Å². The van der Waals surface area contributed by atoms with Crippen molar-refractivity contribution in [2.45, 2.75) is 45.2 Å². The summed E-state index contributed by atoms with van der Waals surface area (Å²) >= 11 is 0. The standard InChI is InChI=1S/C18H30N2O/c1-3-11-20-12-7-10-17(13-20)15(2)19-18(14-21)16-8-5-4-6-9-16/h4-6,8-9,15,17-19,21H,3,7,10-14H2,1-2H3/t15?,17?,18-/m1/s1. The summed E-state index contributed by atoms with van der Waals surface area (Å²) in [5, 5.41) is 13.3. The van der Waals surface area contributed by atoms with Gasteiger partial charge in [-0.25, -0.2) is 0 Å². The number of nitrogens with zero attached hydrogens (tertiary/aromatic N) is 1. The number of hydrogen-bond donors (Lipinski definition) is 2. The van der Waals surface area contributed by atoms with E-state index in [9.17, 15) is 5.11 Å². The van der Waals surface area contributed by atoms with E-state index in [0.29, 0.717) is 12.0 Å². The van der Waals surface area contributed by atoms with Gasteiger partial charge in [0.1, 0.15) is 0 Å². The lowest BCUT2D eigenvalue weighted by Crippen LogP contribution is -2.46. The van der Waals surface area contributed by atoms with Crippen molar-refractivity contribution in [3.63, 3.8) is 0 Å². The van der Waals surface area contributed by atoms with Crippen molar-refractivity contribution >= 4 is 0 Å². The van der Waals surface area contributed by atoms with Crippen LogP contribution in [0.2, 0.25) is 0 Å². The van der Waals surface area contributed by atoms with E-state index in [1.54, 1.807) is 0 Å². The first-order valence-corrected chi connectivity index (χ1v) is 8.38. The second-order valence-corrected chi connectivity index (χ2v) is 6.30. The molecule has 1 heterocycles. The van der Waals surface area contributed by atoms with Crippen molar-refractivity contribution < 1.29 is 5.11 Å². The molecule has 2 N–H and O–H groups in total. The minimum absolute atomic E-state index is 0.0442. The highest BCUT2D eigenvalue weighted by Crippen LogP contribution is 2.22. The lowest BCUT2D eigenvalue weighted by atomic mass is 9.90. The summed E-state index contributed by atoms with van der Waals surface area (Å²) in [4.78, 5) is 2.59. The summed E-state index contributed by atoms with van der Waals surface area (Å²) in [6, 6.07) is 10.7. The van der Waals surface area contributed by atoms with Crippen LogP contribution in [0.4, 0.5) is 0 Å². The van der Waals surface area contributed by atoms with Gasteiger partial charge in [0.05, 0.1) is 12.6 Å². The van der Waals surface area contributed by atoms with Crippen LogP contribution in [0.15, 0.2) is 30.3 Å². The maximum absolute atomic E-state index is 9.69. The second-order valence-electron chi connectivity index (χ2n) is 6.30. The predicted octanol–water partition coefficient (Wildman–Crippen LogP) is 2.82. The normalized spacial score (nSPS) is 22.9. The third-order valence-electron chi connectivity index (χ3n) is 4.64. The molecule has 0 amide bonds. The van der Waals surface area contributed by atoms with Crippen LogP contribution >= 0.6 is 0 Å². The Morgan fingerprint density at radius 3 is 2.76 bits per heavy atom. The number of rotatable bonds is 7. The van der Waals surface area contributed by atoms with E-state index in [0.717, 1.165) is 0 Å². The fourth-order valence-electron chi connectivity index (χ4n) is 3.41. The molecule has 118 valence electrons. The van der Waals surface area contributed by atoms with Crippen molar-refractivity contribution in [2.75, 3.05) is 26.2 Å². The average molecular weight is 290 g/mol. The van der Waals surface area contributed by atoms with Gasteiger partial charge in [-0.05, 0) is 50.8 Å². The largest absolute Gasteiger partial charge is 0.394 e. The number of hydrogen-bond acceptors (Lipinski definition) is 3. The summed E-state index contributed by atoms with van der Waals surface area (Å²) in [6.45, 7) is 8.33. The second kappa shape index (κ2) is 8.52. The number of piperidine rings is 1. The van der Waals surface area contributed by atoms with Gasteiger partial charge in [0.2, 0.25) is 0 Å². The van der Waals surface area contributed by atoms with Crippen molar-refractivity contribution in [1.29, 1.82) is 0 Å². The van der Waals surface area contributed by atoms with Crippen molar-refractivity contribution in [1.82, 2.24) is 10.2 Å². The number of aliphatic hydroxyl groups excluding tert-OH is 1. The molecule has 1 saturated heterocycles. The van der Waals surface area contributed by atoms with Crippen LogP contribution < -0.4 is 5.32 Å². The zero-order valence-corrected chi connectivity index (χ0v) is 13.5. The van der Waals surface area contributed by atoms with Crippen LogP contribution in [0, 0.1) is 5.92 Å². The SMILES string of the molecule is CCCN1CCCC(C(C)N[C@H](CO)c2ccccc2)C1. The first-order valence-electron chi connectivity index (χ1n) is 8.38. The topological polar surface area (TPSA) is 35.5 Å². The summed E-state index contributed by atoms with van der Waals surface area (Å²) in [5.74, 6) is 0.683. The third kappa shape index (κ3) is 4.80. The molecule has 1 aliphatic heterocycles. The van der Waals surface area contributed by atoms with Crippen LogP contribution in [0.25, 0.3) is 0 Å². The maximum Gasteiger partial charge on any atom is 0.0626 e. The Labute approximate surface area is 129 Å². The van der Waals surface area contributed by atoms with Crippen molar-refractivity contribution in [3.05, 3.63) is 35.9 Å². The lowest BCUT2D eigenvalue weighted by molar-refractivity contribution is 0.138. The van der Waals surface area contributed by atoms with E-state index in [-0.39, 0.29) is 12.6 Å². The molecule has 0 spiro atoms. The molecule has 1 aromatic carbocycles. The minimum Gasteiger partial charge on any atom is -0.394 e. The lowest BCUT2D eigenvalue weighted by Gasteiger charge is -2.37. The first-order chi connectivity index (χ1) is 10.2. The Hall–Kier alpha value is -0.900. The van der Waals surface area contributed by atoms with Gasteiger partial charge in [0.25, 0.3) is 0 Å². The van der Waals surface area contributed by atoms with Gasteiger partial charge in [-0.3, -0.25) is 0 Å². The Morgan fingerprint density at radius 1 is 1.33 bits per heavy atom. The molecule has 0 radical (unpaired) electrons. The molecule has 0 saturated carbocycles. The monoisotopic (exact) mass is 290 g/mol. The van der Waals surface area contributed by atoms with Gasteiger partial charge in [-0.1, -0.05) is 37.3 Å². The molecule has 3 nitrogen and oxygen atoms in total. The van der Waals surface area contributed by atoms with Gasteiger partial charge < -0.3 is 15.3 Å². The molecule has 2 unspecified atom stereocenters. The van der Waals surface area contributed by atoms with Gasteiger partial charge in [-0.2, -0.15) is 0 Å². The molecule has 1 aliphatic rings. The predicted molar refractivity (Wildman–Crippen MR) is 88.3 cm³/mol. The van der Waals surface area contributed by atoms with Crippen LogP contribution in [0.5, 0.6) is 0 Å². The van der Waals surface area contributed by atoms with E-state index in [1.165, 1.54) is 44.5 Å². The summed E-state index contributed by atoms with van der Waals surface area (Å²) in [7, 11) is 0. The molecule has 1 fully saturated rings. The van der Waals surface area contributed by atoms with Gasteiger partial charge in [0.15, 0.2) is 0 Å². The smallest absolute Gasteiger partial charge is 0.0626 e. The molecule has 2 rings (SSSR count). The fourth-order valence-corrected chi connectivity index (χ4v) is 3.41. The van der Waals surface area contributed by atoms with Gasteiger partial charge in [-0.15, -0.1) is 0 Å². The van der Waals surface area contributed by atoms with E-state index in [1.807, 2.05) is 18.2 Å². The molecule has 0 aromatic heterocycles. The zero-order chi connectivity index (χ0) is 15.1. The van der Waals surface area contributed by atoms with Crippen molar-refractivity contribution in [2.24, 2.45) is 5.92 Å². The molecule has 3 atom stereocenters. The number of nitrogens with one attached hydrogen (secondary N) is 1. The van der Waals surface area contributed by atoms with E-state index in [2.05, 4.69) is 36.2 Å². The summed E-state index contributed by atoms with van der Waals surface area (Å²) in [5.41, 5.74) is 1.17. The highest BCUT2D eigenvalue weighted by molar-refractivity contribution is 5.19. The highest BCUT2D eigenvalue weighted by atomic mass is 16.3. The molecule has 21 heavy (non-hydrogen) atoms. The molecule has 1 aromatic rings.